The monoisotopic (exact) mass is 374 g/mol. The zero-order chi connectivity index (χ0) is 19.0. The van der Waals surface area contributed by atoms with Crippen LogP contribution in [0.3, 0.4) is 0 Å². The molecule has 2 aliphatic rings. The van der Waals surface area contributed by atoms with E-state index in [1.165, 1.54) is 4.88 Å². The van der Waals surface area contributed by atoms with Crippen molar-refractivity contribution >= 4 is 23.4 Å². The van der Waals surface area contributed by atoms with E-state index in [-0.39, 0.29) is 11.7 Å². The number of thiophene rings is 1. The molecule has 134 valence electrons. The lowest BCUT2D eigenvalue weighted by atomic mass is 9.72. The Morgan fingerprint density at radius 3 is 2.74 bits per heavy atom. The van der Waals surface area contributed by atoms with Gasteiger partial charge in [0.1, 0.15) is 6.29 Å². The number of ketones is 1. The molecule has 2 unspecified atom stereocenters. The van der Waals surface area contributed by atoms with E-state index in [0.717, 1.165) is 29.7 Å². The predicted octanol–water partition coefficient (Wildman–Crippen LogP) is 4.45. The number of aldehydes is 1. The Hall–Kier alpha value is -2.97. The molecule has 0 fully saturated rings. The number of carbonyl (C=O) groups is 2. The lowest BCUT2D eigenvalue weighted by Gasteiger charge is -2.35. The van der Waals surface area contributed by atoms with Gasteiger partial charge in [-0.25, -0.2) is 0 Å². The molecule has 27 heavy (non-hydrogen) atoms. The van der Waals surface area contributed by atoms with Crippen LogP contribution in [-0.4, -0.2) is 12.1 Å². The van der Waals surface area contributed by atoms with E-state index in [2.05, 4.69) is 17.5 Å². The van der Waals surface area contributed by atoms with Gasteiger partial charge in [-0.15, -0.1) is 11.3 Å². The normalized spacial score (nSPS) is 22.1. The number of Topliss-reactive ketones (excluding diaryl/α,β-unsaturated/α-hetero) is 1. The first-order valence-corrected chi connectivity index (χ1v) is 9.73. The molecule has 0 saturated heterocycles. The number of nitrogens with one attached hydrogen (secondary N) is 1. The van der Waals surface area contributed by atoms with Crippen LogP contribution in [0.15, 0.2) is 64.3 Å². The van der Waals surface area contributed by atoms with Gasteiger partial charge in [0.25, 0.3) is 0 Å². The molecule has 5 heteroatoms. The van der Waals surface area contributed by atoms with Crippen molar-refractivity contribution in [3.8, 4) is 6.07 Å². The number of carbonyl (C=O) groups excluding carboxylic acids is 2. The summed E-state index contributed by atoms with van der Waals surface area (Å²) in [5, 5.41) is 15.1. The van der Waals surface area contributed by atoms with Crippen molar-refractivity contribution in [2.24, 2.45) is 0 Å². The van der Waals surface area contributed by atoms with Crippen molar-refractivity contribution in [2.45, 2.75) is 31.6 Å². The molecule has 0 radical (unpaired) electrons. The smallest absolute Gasteiger partial charge is 0.162 e. The molecule has 1 aromatic carbocycles. The van der Waals surface area contributed by atoms with Gasteiger partial charge >= 0.3 is 0 Å². The average molecular weight is 374 g/mol. The molecule has 4 rings (SSSR count). The van der Waals surface area contributed by atoms with E-state index >= 15 is 0 Å². The van der Waals surface area contributed by atoms with Crippen LogP contribution in [0.5, 0.6) is 0 Å². The Labute approximate surface area is 161 Å². The minimum Gasteiger partial charge on any atom is -0.361 e. The average Bonchev–Trinajstić information content (AvgIpc) is 3.21. The molecule has 0 amide bonds. The summed E-state index contributed by atoms with van der Waals surface area (Å²) in [7, 11) is 0. The fraction of sp³-hybridized carbons (Fsp3) is 0.227. The van der Waals surface area contributed by atoms with Gasteiger partial charge in [-0.1, -0.05) is 30.3 Å². The van der Waals surface area contributed by atoms with Crippen molar-refractivity contribution in [1.82, 2.24) is 5.32 Å². The van der Waals surface area contributed by atoms with Crippen LogP contribution in [0.1, 0.15) is 52.4 Å². The highest BCUT2D eigenvalue weighted by Gasteiger charge is 2.39. The minimum absolute atomic E-state index is 0.0492. The Morgan fingerprint density at radius 2 is 2.04 bits per heavy atom. The van der Waals surface area contributed by atoms with E-state index in [1.807, 2.05) is 30.5 Å². The number of nitriles is 1. The zero-order valence-electron chi connectivity index (χ0n) is 14.9. The number of nitrogens with zero attached hydrogens (tertiary/aromatic N) is 1. The molecule has 2 atom stereocenters. The maximum Gasteiger partial charge on any atom is 0.162 e. The molecular formula is C22H18N2O2S. The molecule has 1 aliphatic carbocycles. The SMILES string of the molecule is CC1=C(C#N)C(c2ccccc2C=O)C2=C(CC(c3cccs3)CC2=O)N1. The van der Waals surface area contributed by atoms with Gasteiger partial charge in [-0.3, -0.25) is 9.59 Å². The number of allylic oxidation sites excluding steroid dienone is 4. The summed E-state index contributed by atoms with van der Waals surface area (Å²) in [6.07, 6.45) is 1.96. The molecule has 2 heterocycles. The third-order valence-corrected chi connectivity index (χ3v) is 6.36. The molecule has 1 aromatic heterocycles. The summed E-state index contributed by atoms with van der Waals surface area (Å²) < 4.78 is 0. The van der Waals surface area contributed by atoms with E-state index < -0.39 is 5.92 Å². The fourth-order valence-electron chi connectivity index (χ4n) is 4.10. The number of benzene rings is 1. The van der Waals surface area contributed by atoms with Crippen LogP contribution in [0.2, 0.25) is 0 Å². The highest BCUT2D eigenvalue weighted by Crippen LogP contribution is 2.46. The van der Waals surface area contributed by atoms with Crippen LogP contribution in [0.4, 0.5) is 0 Å². The van der Waals surface area contributed by atoms with Crippen LogP contribution in [0, 0.1) is 11.3 Å². The number of rotatable bonds is 3. The van der Waals surface area contributed by atoms with Crippen LogP contribution >= 0.6 is 11.3 Å². The maximum atomic E-state index is 13.2. The fourth-order valence-corrected chi connectivity index (χ4v) is 4.93. The van der Waals surface area contributed by atoms with E-state index in [4.69, 9.17) is 0 Å². The van der Waals surface area contributed by atoms with Gasteiger partial charge in [0.15, 0.2) is 5.78 Å². The summed E-state index contributed by atoms with van der Waals surface area (Å²) in [5.41, 5.74) is 4.02. The number of dihydropyridines is 1. The van der Waals surface area contributed by atoms with Gasteiger partial charge in [-0.2, -0.15) is 5.26 Å². The lowest BCUT2D eigenvalue weighted by molar-refractivity contribution is -0.116. The maximum absolute atomic E-state index is 13.2. The third kappa shape index (κ3) is 2.92. The second-order valence-corrected chi connectivity index (χ2v) is 7.87. The van der Waals surface area contributed by atoms with Crippen LogP contribution in [-0.2, 0) is 4.79 Å². The Kier molecular flexibility index (Phi) is 4.51. The topological polar surface area (TPSA) is 70.0 Å². The Balaban J connectivity index is 1.85. The van der Waals surface area contributed by atoms with Crippen molar-refractivity contribution in [3.63, 3.8) is 0 Å². The van der Waals surface area contributed by atoms with Gasteiger partial charge in [0.2, 0.25) is 0 Å². The van der Waals surface area contributed by atoms with Gasteiger partial charge < -0.3 is 5.32 Å². The summed E-state index contributed by atoms with van der Waals surface area (Å²) in [6, 6.07) is 13.5. The molecule has 2 aromatic rings. The molecule has 4 nitrogen and oxygen atoms in total. The van der Waals surface area contributed by atoms with Gasteiger partial charge in [0.05, 0.1) is 17.6 Å². The number of hydrogen-bond donors (Lipinski definition) is 1. The standard InChI is InChI=1S/C22H18N2O2S/c1-13-17(11-23)21(16-6-3-2-5-14(16)12-25)22-18(24-13)9-15(10-19(22)26)20-7-4-8-27-20/h2-8,12,15,21,24H,9-10H2,1H3. The predicted molar refractivity (Wildman–Crippen MR) is 104 cm³/mol. The van der Waals surface area contributed by atoms with Crippen molar-refractivity contribution in [3.05, 3.63) is 80.3 Å². The molecular weight excluding hydrogens is 356 g/mol. The Bertz CT molecular complexity index is 1020. The van der Waals surface area contributed by atoms with Gasteiger partial charge in [0, 0.05) is 39.7 Å². The minimum atomic E-state index is -0.482. The second-order valence-electron chi connectivity index (χ2n) is 6.89. The highest BCUT2D eigenvalue weighted by atomic mass is 32.1. The van der Waals surface area contributed by atoms with E-state index in [1.54, 1.807) is 23.5 Å². The van der Waals surface area contributed by atoms with Crippen LogP contribution in [0.25, 0.3) is 0 Å². The largest absolute Gasteiger partial charge is 0.361 e. The molecule has 0 spiro atoms. The first kappa shape index (κ1) is 17.4. The lowest BCUT2D eigenvalue weighted by Crippen LogP contribution is -2.33. The highest BCUT2D eigenvalue weighted by molar-refractivity contribution is 7.10. The Morgan fingerprint density at radius 1 is 1.22 bits per heavy atom. The summed E-state index contributed by atoms with van der Waals surface area (Å²) in [5.74, 6) is -0.278. The second kappa shape index (κ2) is 6.98. The zero-order valence-corrected chi connectivity index (χ0v) is 15.7. The molecule has 0 bridgehead atoms. The molecule has 1 aliphatic heterocycles. The molecule has 0 saturated carbocycles. The van der Waals surface area contributed by atoms with E-state index in [9.17, 15) is 14.9 Å². The summed E-state index contributed by atoms with van der Waals surface area (Å²) in [4.78, 5) is 26.0. The van der Waals surface area contributed by atoms with Crippen LogP contribution < -0.4 is 5.32 Å². The quantitative estimate of drug-likeness (QED) is 0.806. The van der Waals surface area contributed by atoms with Crippen molar-refractivity contribution < 1.29 is 9.59 Å². The van der Waals surface area contributed by atoms with Crippen molar-refractivity contribution in [2.75, 3.05) is 0 Å². The number of hydrogen-bond acceptors (Lipinski definition) is 5. The summed E-state index contributed by atoms with van der Waals surface area (Å²) >= 11 is 1.67. The van der Waals surface area contributed by atoms with Gasteiger partial charge in [-0.05, 0) is 30.4 Å². The van der Waals surface area contributed by atoms with Crippen molar-refractivity contribution in [1.29, 1.82) is 5.26 Å². The first-order chi connectivity index (χ1) is 13.1. The summed E-state index contributed by atoms with van der Waals surface area (Å²) in [6.45, 7) is 1.86. The molecule has 1 N–H and O–H groups in total. The third-order valence-electron chi connectivity index (χ3n) is 5.33. The first-order valence-electron chi connectivity index (χ1n) is 8.85. The van der Waals surface area contributed by atoms with E-state index in [0.29, 0.717) is 23.1 Å².